The summed E-state index contributed by atoms with van der Waals surface area (Å²) in [6, 6.07) is 5.90. The van der Waals surface area contributed by atoms with Crippen molar-refractivity contribution in [3.63, 3.8) is 0 Å². The highest BCUT2D eigenvalue weighted by molar-refractivity contribution is 5.99. The van der Waals surface area contributed by atoms with Crippen molar-refractivity contribution in [1.82, 2.24) is 4.90 Å². The summed E-state index contributed by atoms with van der Waals surface area (Å²) in [7, 11) is 0. The highest BCUT2D eigenvalue weighted by Gasteiger charge is 2.17. The minimum absolute atomic E-state index is 0.198. The summed E-state index contributed by atoms with van der Waals surface area (Å²) in [5.74, 6) is 1.39. The van der Waals surface area contributed by atoms with Gasteiger partial charge in [0.05, 0.1) is 12.2 Å². The quantitative estimate of drug-likeness (QED) is 0.717. The highest BCUT2D eigenvalue weighted by Crippen LogP contribution is 2.23. The predicted octanol–water partition coefficient (Wildman–Crippen LogP) is 3.70. The number of hydrogen-bond donors (Lipinski definition) is 0. The van der Waals surface area contributed by atoms with Gasteiger partial charge >= 0.3 is 0 Å². The second-order valence-electron chi connectivity index (χ2n) is 6.43. The van der Waals surface area contributed by atoms with Gasteiger partial charge in [0.1, 0.15) is 5.75 Å². The van der Waals surface area contributed by atoms with Gasteiger partial charge in [-0.05, 0) is 50.9 Å². The molecule has 0 N–H and O–H groups in total. The minimum Gasteiger partial charge on any atom is -0.493 e. The molecular weight excluding hydrogens is 262 g/mol. The van der Waals surface area contributed by atoms with Crippen LogP contribution in [0, 0.1) is 12.8 Å². The van der Waals surface area contributed by atoms with E-state index in [2.05, 4.69) is 18.7 Å². The van der Waals surface area contributed by atoms with E-state index in [4.69, 9.17) is 4.74 Å². The molecule has 1 heterocycles. The zero-order valence-electron chi connectivity index (χ0n) is 13.5. The lowest BCUT2D eigenvalue weighted by atomic mass is 10.0. The second kappa shape index (κ2) is 7.60. The van der Waals surface area contributed by atoms with E-state index in [9.17, 15) is 4.79 Å². The molecule has 1 aliphatic rings. The number of likely N-dealkylation sites (tertiary alicyclic amines) is 1. The summed E-state index contributed by atoms with van der Waals surface area (Å²) >= 11 is 0. The molecule has 1 saturated heterocycles. The number of ether oxygens (including phenoxy) is 1. The molecule has 116 valence electrons. The van der Waals surface area contributed by atoms with E-state index in [1.54, 1.807) is 0 Å². The number of carbonyl (C=O) groups excluding carboxylic acids is 1. The van der Waals surface area contributed by atoms with Crippen LogP contribution in [0.3, 0.4) is 0 Å². The molecule has 0 aliphatic carbocycles. The zero-order valence-corrected chi connectivity index (χ0v) is 13.5. The van der Waals surface area contributed by atoms with Crippen LogP contribution in [0.15, 0.2) is 18.2 Å². The monoisotopic (exact) mass is 289 g/mol. The van der Waals surface area contributed by atoms with Gasteiger partial charge in [-0.25, -0.2) is 0 Å². The Morgan fingerprint density at radius 1 is 1.29 bits per heavy atom. The minimum atomic E-state index is 0.198. The molecule has 0 saturated carbocycles. The SMILES string of the molecule is Cc1ccc(OCC(C)C)c(C(=O)CCN2CCCC2)c1. The Labute approximate surface area is 128 Å². The third-order valence-corrected chi connectivity index (χ3v) is 3.86. The topological polar surface area (TPSA) is 29.5 Å². The van der Waals surface area contributed by atoms with Crippen molar-refractivity contribution in [3.05, 3.63) is 29.3 Å². The van der Waals surface area contributed by atoms with Crippen molar-refractivity contribution in [2.45, 2.75) is 40.0 Å². The van der Waals surface area contributed by atoms with Crippen LogP contribution in [0.4, 0.5) is 0 Å². The third kappa shape index (κ3) is 4.85. The van der Waals surface area contributed by atoms with Crippen molar-refractivity contribution in [3.8, 4) is 5.75 Å². The number of Topliss-reactive ketones (excluding diaryl/α,β-unsaturated/α-hetero) is 1. The molecule has 0 aromatic heterocycles. The van der Waals surface area contributed by atoms with E-state index >= 15 is 0 Å². The Morgan fingerprint density at radius 3 is 2.67 bits per heavy atom. The molecule has 1 aromatic carbocycles. The fourth-order valence-electron chi connectivity index (χ4n) is 2.64. The van der Waals surface area contributed by atoms with Crippen molar-refractivity contribution in [1.29, 1.82) is 0 Å². The average molecular weight is 289 g/mol. The number of carbonyl (C=O) groups is 1. The summed E-state index contributed by atoms with van der Waals surface area (Å²) < 4.78 is 5.81. The lowest BCUT2D eigenvalue weighted by Crippen LogP contribution is -2.23. The maximum absolute atomic E-state index is 12.5. The first kappa shape index (κ1) is 16.0. The van der Waals surface area contributed by atoms with Gasteiger partial charge in [0.15, 0.2) is 5.78 Å². The van der Waals surface area contributed by atoms with E-state index in [-0.39, 0.29) is 5.78 Å². The normalized spacial score (nSPS) is 15.6. The van der Waals surface area contributed by atoms with Gasteiger partial charge in [-0.3, -0.25) is 4.79 Å². The van der Waals surface area contributed by atoms with Crippen molar-refractivity contribution < 1.29 is 9.53 Å². The van der Waals surface area contributed by atoms with Gasteiger partial charge in [-0.1, -0.05) is 25.5 Å². The Hall–Kier alpha value is -1.35. The van der Waals surface area contributed by atoms with Gasteiger partial charge in [-0.15, -0.1) is 0 Å². The standard InChI is InChI=1S/C18H27NO2/c1-14(2)13-21-18-7-6-15(3)12-16(18)17(20)8-11-19-9-4-5-10-19/h6-7,12,14H,4-5,8-11,13H2,1-3H3. The Bertz CT molecular complexity index is 476. The predicted molar refractivity (Wildman–Crippen MR) is 86.1 cm³/mol. The molecule has 1 aliphatic heterocycles. The van der Waals surface area contributed by atoms with Crippen LogP contribution in [0.25, 0.3) is 0 Å². The van der Waals surface area contributed by atoms with Crippen LogP contribution < -0.4 is 4.74 Å². The number of ketones is 1. The van der Waals surface area contributed by atoms with Gasteiger partial charge in [0, 0.05) is 13.0 Å². The molecule has 2 rings (SSSR count). The fraction of sp³-hybridized carbons (Fsp3) is 0.611. The van der Waals surface area contributed by atoms with Crippen LogP contribution in [0.2, 0.25) is 0 Å². The van der Waals surface area contributed by atoms with Crippen LogP contribution >= 0.6 is 0 Å². The van der Waals surface area contributed by atoms with E-state index < -0.39 is 0 Å². The number of rotatable bonds is 7. The molecule has 1 aromatic rings. The average Bonchev–Trinajstić information content (AvgIpc) is 2.96. The van der Waals surface area contributed by atoms with E-state index in [1.165, 1.54) is 12.8 Å². The van der Waals surface area contributed by atoms with Gasteiger partial charge in [0.2, 0.25) is 0 Å². The summed E-state index contributed by atoms with van der Waals surface area (Å²) in [6.07, 6.45) is 3.12. The van der Waals surface area contributed by atoms with Crippen molar-refractivity contribution in [2.24, 2.45) is 5.92 Å². The number of aryl methyl sites for hydroxylation is 1. The third-order valence-electron chi connectivity index (χ3n) is 3.86. The molecule has 0 unspecified atom stereocenters. The molecule has 0 amide bonds. The first-order valence-corrected chi connectivity index (χ1v) is 8.05. The first-order chi connectivity index (χ1) is 10.1. The molecule has 0 radical (unpaired) electrons. The molecule has 21 heavy (non-hydrogen) atoms. The molecule has 3 nitrogen and oxygen atoms in total. The summed E-state index contributed by atoms with van der Waals surface area (Å²) in [5, 5.41) is 0. The molecule has 0 spiro atoms. The van der Waals surface area contributed by atoms with Crippen LogP contribution in [0.1, 0.15) is 49.0 Å². The number of nitrogens with zero attached hydrogens (tertiary/aromatic N) is 1. The van der Waals surface area contributed by atoms with Crippen LogP contribution in [-0.4, -0.2) is 36.9 Å². The Morgan fingerprint density at radius 2 is 2.00 bits per heavy atom. The first-order valence-electron chi connectivity index (χ1n) is 8.05. The highest BCUT2D eigenvalue weighted by atomic mass is 16.5. The van der Waals surface area contributed by atoms with Crippen LogP contribution in [0.5, 0.6) is 5.75 Å². The largest absolute Gasteiger partial charge is 0.493 e. The van der Waals surface area contributed by atoms with Crippen LogP contribution in [-0.2, 0) is 0 Å². The van der Waals surface area contributed by atoms with Crippen molar-refractivity contribution >= 4 is 5.78 Å². The zero-order chi connectivity index (χ0) is 15.2. The smallest absolute Gasteiger partial charge is 0.167 e. The molecule has 1 fully saturated rings. The summed E-state index contributed by atoms with van der Waals surface area (Å²) in [6.45, 7) is 10.0. The van der Waals surface area contributed by atoms with Gasteiger partial charge in [-0.2, -0.15) is 0 Å². The second-order valence-corrected chi connectivity index (χ2v) is 6.43. The van der Waals surface area contributed by atoms with Gasteiger partial charge in [0.25, 0.3) is 0 Å². The van der Waals surface area contributed by atoms with E-state index in [0.29, 0.717) is 18.9 Å². The lowest BCUT2D eigenvalue weighted by Gasteiger charge is -2.16. The molecule has 0 atom stereocenters. The fourth-order valence-corrected chi connectivity index (χ4v) is 2.64. The number of benzene rings is 1. The molecule has 3 heteroatoms. The maximum Gasteiger partial charge on any atom is 0.167 e. The van der Waals surface area contributed by atoms with Gasteiger partial charge < -0.3 is 9.64 Å². The van der Waals surface area contributed by atoms with E-state index in [1.807, 2.05) is 25.1 Å². The van der Waals surface area contributed by atoms with E-state index in [0.717, 1.165) is 36.5 Å². The maximum atomic E-state index is 12.5. The van der Waals surface area contributed by atoms with Crippen molar-refractivity contribution in [2.75, 3.05) is 26.2 Å². The molecular formula is C18H27NO2. The summed E-state index contributed by atoms with van der Waals surface area (Å²) in [5.41, 5.74) is 1.85. The summed E-state index contributed by atoms with van der Waals surface area (Å²) in [4.78, 5) is 14.9. The lowest BCUT2D eigenvalue weighted by molar-refractivity contribution is 0.0964. The number of hydrogen-bond acceptors (Lipinski definition) is 3. The Balaban J connectivity index is 2.01. The Kier molecular flexibility index (Phi) is 5.80. The molecule has 0 bridgehead atoms.